The van der Waals surface area contributed by atoms with Crippen molar-refractivity contribution in [2.45, 2.75) is 0 Å². The first-order valence-corrected chi connectivity index (χ1v) is 4.01. The van der Waals surface area contributed by atoms with Crippen LogP contribution in [0.2, 0.25) is 0 Å². The average Bonchev–Trinajstić information content (AvgIpc) is 2.23. The minimum Gasteiger partial charge on any atom is -0.465 e. The summed E-state index contributed by atoms with van der Waals surface area (Å²) in [6.45, 7) is 0. The van der Waals surface area contributed by atoms with Gasteiger partial charge in [0.25, 0.3) is 0 Å². The minimum atomic E-state index is -0.705. The second-order valence-corrected chi connectivity index (χ2v) is 2.93. The van der Waals surface area contributed by atoms with Crippen LogP contribution in [0.15, 0.2) is 0 Å². The number of hydrogen-bond donors (Lipinski definition) is 0. The summed E-state index contributed by atoms with van der Waals surface area (Å²) in [6.07, 6.45) is 0. The lowest BCUT2D eigenvalue weighted by molar-refractivity contribution is 0.0604. The molecule has 0 aliphatic rings. The van der Waals surface area contributed by atoms with Crippen molar-refractivity contribution in [1.29, 1.82) is 0 Å². The molecule has 0 heterocycles. The number of carbonyl (C=O) groups excluding carboxylic acids is 1. The topological polar surface area (TPSA) is 26.3 Å². The van der Waals surface area contributed by atoms with Gasteiger partial charge < -0.3 is 4.74 Å². The molecule has 1 aromatic carbocycles. The lowest BCUT2D eigenvalue weighted by atomic mass is 9.60. The Hall–Kier alpha value is -0.985. The van der Waals surface area contributed by atoms with Gasteiger partial charge >= 0.3 is 5.97 Å². The van der Waals surface area contributed by atoms with Crippen LogP contribution in [0, 0.1) is 0 Å². The molecule has 0 saturated carbocycles. The van der Waals surface area contributed by atoms with E-state index in [0.717, 1.165) is 0 Å². The highest BCUT2D eigenvalue weighted by molar-refractivity contribution is 6.68. The summed E-state index contributed by atoms with van der Waals surface area (Å²) in [5.41, 5.74) is 0.0284. The molecule has 0 N–H and O–H groups in total. The van der Waals surface area contributed by atoms with Crippen LogP contribution in [0.5, 0.6) is 0 Å². The van der Waals surface area contributed by atoms with E-state index in [1.165, 1.54) is 7.11 Å². The van der Waals surface area contributed by atoms with Crippen LogP contribution in [0.3, 0.4) is 0 Å². The van der Waals surface area contributed by atoms with Crippen molar-refractivity contribution < 1.29 is 9.53 Å². The summed E-state index contributed by atoms with van der Waals surface area (Å²) in [5.74, 6) is -0.705. The fourth-order valence-corrected chi connectivity index (χ4v) is 1.17. The summed E-state index contributed by atoms with van der Waals surface area (Å²) in [5, 5.41) is 0. The number of carbonyl (C=O) groups is 1. The third-order valence-corrected chi connectivity index (χ3v) is 2.09. The van der Waals surface area contributed by atoms with Gasteiger partial charge in [-0.05, 0) is 0 Å². The number of ether oxygens (including phenoxy) is 1. The zero-order valence-electron chi connectivity index (χ0n) is 8.20. The Balaban J connectivity index is 3.60. The highest BCUT2D eigenvalue weighted by Crippen LogP contribution is 1.89. The predicted octanol–water partition coefficient (Wildman–Crippen LogP) is -4.56. The Bertz CT molecular complexity index is 401. The van der Waals surface area contributed by atoms with Crippen LogP contribution in [-0.2, 0) is 4.74 Å². The fourth-order valence-electron chi connectivity index (χ4n) is 1.17. The van der Waals surface area contributed by atoms with Gasteiger partial charge in [0.1, 0.15) is 39.2 Å². The van der Waals surface area contributed by atoms with Gasteiger partial charge in [-0.1, -0.05) is 10.9 Å². The van der Waals surface area contributed by atoms with Gasteiger partial charge in [-0.15, -0.1) is 16.4 Å². The molecular formula is C8H3B5O2. The Morgan fingerprint density at radius 1 is 0.867 bits per heavy atom. The van der Waals surface area contributed by atoms with Crippen molar-refractivity contribution in [3.05, 3.63) is 5.56 Å². The monoisotopic (exact) mass is 186 g/mol. The van der Waals surface area contributed by atoms with E-state index in [1.54, 1.807) is 0 Å². The van der Waals surface area contributed by atoms with Gasteiger partial charge in [-0.2, -0.15) is 0 Å². The van der Waals surface area contributed by atoms with Gasteiger partial charge in [0, 0.05) is 5.56 Å². The highest BCUT2D eigenvalue weighted by atomic mass is 16.5. The molecule has 0 fully saturated rings. The molecule has 0 aliphatic heterocycles. The molecule has 0 atom stereocenters. The fraction of sp³-hybridized carbons (Fsp3) is 0.125. The molecule has 0 aliphatic carbocycles. The standard InChI is InChI=1S/C8H3B5O2/c1-15-8(14)2-3(9)5(11)7(13)6(12)4(2)10/h1H3. The Labute approximate surface area is 95.2 Å². The molecule has 0 saturated heterocycles. The van der Waals surface area contributed by atoms with Crippen LogP contribution < -0.4 is 27.3 Å². The van der Waals surface area contributed by atoms with Gasteiger partial charge in [0.05, 0.1) is 7.11 Å². The van der Waals surface area contributed by atoms with Crippen molar-refractivity contribution in [1.82, 2.24) is 0 Å². The van der Waals surface area contributed by atoms with Crippen LogP contribution >= 0.6 is 0 Å². The first-order valence-electron chi connectivity index (χ1n) is 4.01. The molecule has 0 unspecified atom stereocenters. The Kier molecular flexibility index (Phi) is 3.43. The number of methoxy groups -OCH3 is 1. The van der Waals surface area contributed by atoms with Crippen molar-refractivity contribution >= 4 is 72.5 Å². The predicted molar refractivity (Wildman–Crippen MR) is 64.7 cm³/mol. The molecule has 0 bridgehead atoms. The third kappa shape index (κ3) is 1.88. The van der Waals surface area contributed by atoms with Gasteiger partial charge in [0.15, 0.2) is 0 Å². The summed E-state index contributed by atoms with van der Waals surface area (Å²) in [6, 6.07) is 0. The summed E-state index contributed by atoms with van der Waals surface area (Å²) in [4.78, 5) is 11.3. The van der Waals surface area contributed by atoms with E-state index in [2.05, 4.69) is 4.74 Å². The molecule has 0 amide bonds. The zero-order valence-corrected chi connectivity index (χ0v) is 8.20. The van der Waals surface area contributed by atoms with Crippen LogP contribution in [-0.4, -0.2) is 52.3 Å². The number of hydrogen-bond acceptors (Lipinski definition) is 2. The lowest BCUT2D eigenvalue weighted by Crippen LogP contribution is -2.57. The quantitative estimate of drug-likeness (QED) is 0.325. The molecule has 2 nitrogen and oxygen atoms in total. The molecular weight excluding hydrogens is 182 g/mol. The highest BCUT2D eigenvalue weighted by Gasteiger charge is 2.16. The first kappa shape index (κ1) is 12.1. The SMILES string of the molecule is [B]c1c([B])c([B])c(C(=O)OC)c([B])c1[B]. The maximum Gasteiger partial charge on any atom is 0.336 e. The van der Waals surface area contributed by atoms with E-state index in [1.807, 2.05) is 0 Å². The average molecular weight is 185 g/mol. The van der Waals surface area contributed by atoms with Crippen molar-refractivity contribution in [3.63, 3.8) is 0 Å². The van der Waals surface area contributed by atoms with E-state index in [0.29, 0.717) is 0 Å². The van der Waals surface area contributed by atoms with Gasteiger partial charge in [-0.3, -0.25) is 0 Å². The number of esters is 1. The third-order valence-electron chi connectivity index (χ3n) is 2.09. The van der Waals surface area contributed by atoms with Crippen molar-refractivity contribution in [3.8, 4) is 0 Å². The second kappa shape index (κ2) is 4.25. The maximum absolute atomic E-state index is 11.3. The van der Waals surface area contributed by atoms with E-state index in [9.17, 15) is 4.79 Å². The molecule has 1 aromatic rings. The molecule has 0 spiro atoms. The number of benzene rings is 1. The Morgan fingerprint density at radius 3 is 1.53 bits per heavy atom. The van der Waals surface area contributed by atoms with E-state index < -0.39 is 5.97 Å². The van der Waals surface area contributed by atoms with E-state index >= 15 is 0 Å². The van der Waals surface area contributed by atoms with Crippen molar-refractivity contribution in [2.75, 3.05) is 7.11 Å². The molecule has 62 valence electrons. The molecule has 10 radical (unpaired) electrons. The molecule has 15 heavy (non-hydrogen) atoms. The molecule has 7 heteroatoms. The van der Waals surface area contributed by atoms with E-state index in [4.69, 9.17) is 39.2 Å². The summed E-state index contributed by atoms with van der Waals surface area (Å²) < 4.78 is 4.50. The minimum absolute atomic E-state index is 0.0222. The summed E-state index contributed by atoms with van der Waals surface area (Å²) in [7, 11) is 29.0. The second-order valence-electron chi connectivity index (χ2n) is 2.93. The summed E-state index contributed by atoms with van der Waals surface area (Å²) >= 11 is 0. The maximum atomic E-state index is 11.3. The van der Waals surface area contributed by atoms with Crippen molar-refractivity contribution in [2.24, 2.45) is 0 Å². The largest absolute Gasteiger partial charge is 0.465 e. The molecule has 1 rings (SSSR count). The Morgan fingerprint density at radius 2 is 1.20 bits per heavy atom. The van der Waals surface area contributed by atoms with Crippen LogP contribution in [0.4, 0.5) is 0 Å². The smallest absolute Gasteiger partial charge is 0.336 e. The normalized spacial score (nSPS) is 9.93. The lowest BCUT2D eigenvalue weighted by Gasteiger charge is -2.19. The molecule has 0 aromatic heterocycles. The van der Waals surface area contributed by atoms with Gasteiger partial charge in [0.2, 0.25) is 0 Å². The van der Waals surface area contributed by atoms with Crippen LogP contribution in [0.25, 0.3) is 0 Å². The number of rotatable bonds is 1. The first-order chi connectivity index (χ1) is 6.91. The van der Waals surface area contributed by atoms with Crippen LogP contribution in [0.1, 0.15) is 10.4 Å². The van der Waals surface area contributed by atoms with Gasteiger partial charge in [-0.25, -0.2) is 4.79 Å². The zero-order chi connectivity index (χ0) is 11.7. The van der Waals surface area contributed by atoms with E-state index in [-0.39, 0.29) is 32.9 Å².